The zero-order valence-electron chi connectivity index (χ0n) is 9.43. The number of aromatic nitrogens is 1. The van der Waals surface area contributed by atoms with E-state index in [1.165, 1.54) is 6.20 Å². The highest BCUT2D eigenvalue weighted by molar-refractivity contribution is 5.80. The minimum absolute atomic E-state index is 0.105. The number of likely N-dealkylation sites (N-methyl/N-ethyl adjacent to an activating group) is 1. The molecule has 5 nitrogen and oxygen atoms in total. The average molecular weight is 224 g/mol. The third kappa shape index (κ3) is 3.51. The Labute approximate surface area is 94.5 Å². The van der Waals surface area contributed by atoms with Crippen molar-refractivity contribution in [3.8, 4) is 5.75 Å². The van der Waals surface area contributed by atoms with Gasteiger partial charge >= 0.3 is 0 Å². The molecule has 88 valence electrons. The largest absolute Gasteiger partial charge is 0.479 e. The Morgan fingerprint density at radius 3 is 2.88 bits per heavy atom. The summed E-state index contributed by atoms with van der Waals surface area (Å²) < 4.78 is 5.37. The predicted octanol–water partition coefficient (Wildman–Crippen LogP) is 0.477. The van der Waals surface area contributed by atoms with Gasteiger partial charge in [-0.3, -0.25) is 9.78 Å². The highest BCUT2D eigenvalue weighted by atomic mass is 16.5. The summed E-state index contributed by atoms with van der Waals surface area (Å²) in [6, 6.07) is 3.33. The highest BCUT2D eigenvalue weighted by Crippen LogP contribution is 2.11. The van der Waals surface area contributed by atoms with Gasteiger partial charge in [0.2, 0.25) is 0 Å². The molecule has 0 aliphatic carbocycles. The molecule has 0 aromatic carbocycles. The zero-order valence-corrected chi connectivity index (χ0v) is 9.43. The predicted molar refractivity (Wildman–Crippen MR) is 58.9 cm³/mol. The molecule has 0 aliphatic rings. The van der Waals surface area contributed by atoms with Crippen LogP contribution in [-0.2, 0) is 11.4 Å². The molecule has 0 spiro atoms. The van der Waals surface area contributed by atoms with Crippen LogP contribution >= 0.6 is 0 Å². The maximum Gasteiger partial charge on any atom is 0.260 e. The van der Waals surface area contributed by atoms with Gasteiger partial charge in [0, 0.05) is 6.54 Å². The minimum atomic E-state index is -0.554. The second kappa shape index (κ2) is 6.07. The summed E-state index contributed by atoms with van der Waals surface area (Å²) >= 11 is 0. The maximum atomic E-state index is 11.4. The van der Waals surface area contributed by atoms with Crippen LogP contribution in [0, 0.1) is 0 Å². The topological polar surface area (TPSA) is 71.5 Å². The first-order valence-corrected chi connectivity index (χ1v) is 5.17. The molecule has 1 amide bonds. The second-order valence-electron chi connectivity index (χ2n) is 3.30. The van der Waals surface area contributed by atoms with Gasteiger partial charge in [-0.25, -0.2) is 0 Å². The molecular weight excluding hydrogens is 208 g/mol. The fourth-order valence-corrected chi connectivity index (χ4v) is 1.15. The van der Waals surface area contributed by atoms with E-state index in [-0.39, 0.29) is 12.5 Å². The van der Waals surface area contributed by atoms with Crippen molar-refractivity contribution in [1.29, 1.82) is 0 Å². The van der Waals surface area contributed by atoms with Gasteiger partial charge in [-0.05, 0) is 26.0 Å². The van der Waals surface area contributed by atoms with Gasteiger partial charge in [-0.15, -0.1) is 0 Å². The van der Waals surface area contributed by atoms with Gasteiger partial charge in [0.15, 0.2) is 6.10 Å². The van der Waals surface area contributed by atoms with E-state index in [9.17, 15) is 4.79 Å². The molecule has 0 fully saturated rings. The molecule has 1 aromatic rings. The van der Waals surface area contributed by atoms with Gasteiger partial charge in [-0.1, -0.05) is 0 Å². The number of aliphatic hydroxyl groups excluding tert-OH is 1. The van der Waals surface area contributed by atoms with Crippen LogP contribution < -0.4 is 10.1 Å². The Morgan fingerprint density at radius 2 is 2.38 bits per heavy atom. The van der Waals surface area contributed by atoms with E-state index in [2.05, 4.69) is 10.3 Å². The lowest BCUT2D eigenvalue weighted by Crippen LogP contribution is -2.36. The first kappa shape index (κ1) is 12.4. The van der Waals surface area contributed by atoms with E-state index in [0.717, 1.165) is 0 Å². The Bertz CT molecular complexity index is 338. The molecule has 1 aromatic heterocycles. The number of pyridine rings is 1. The van der Waals surface area contributed by atoms with Crippen LogP contribution in [0.25, 0.3) is 0 Å². The number of amides is 1. The molecule has 0 saturated heterocycles. The number of ether oxygens (including phenoxy) is 1. The van der Waals surface area contributed by atoms with E-state index in [0.29, 0.717) is 18.0 Å². The van der Waals surface area contributed by atoms with Crippen LogP contribution in [0.15, 0.2) is 18.3 Å². The molecule has 1 unspecified atom stereocenters. The molecule has 2 N–H and O–H groups in total. The Morgan fingerprint density at radius 1 is 1.62 bits per heavy atom. The average Bonchev–Trinajstić information content (AvgIpc) is 2.30. The Kier molecular flexibility index (Phi) is 4.72. The van der Waals surface area contributed by atoms with Crippen molar-refractivity contribution in [3.05, 3.63) is 24.0 Å². The third-order valence-corrected chi connectivity index (χ3v) is 1.99. The van der Waals surface area contributed by atoms with E-state index in [4.69, 9.17) is 9.84 Å². The van der Waals surface area contributed by atoms with Crippen LogP contribution in [0.2, 0.25) is 0 Å². The van der Waals surface area contributed by atoms with Crippen LogP contribution in [0.1, 0.15) is 19.5 Å². The number of nitrogens with zero attached hydrogens (tertiary/aromatic N) is 1. The third-order valence-electron chi connectivity index (χ3n) is 1.99. The number of carbonyl (C=O) groups is 1. The summed E-state index contributed by atoms with van der Waals surface area (Å²) in [4.78, 5) is 15.3. The number of carbonyl (C=O) groups excluding carboxylic acids is 1. The summed E-state index contributed by atoms with van der Waals surface area (Å²) in [5.74, 6) is 0.352. The number of rotatable bonds is 5. The molecule has 0 saturated carbocycles. The van der Waals surface area contributed by atoms with Gasteiger partial charge in [0.1, 0.15) is 5.75 Å². The number of aliphatic hydroxyl groups is 1. The molecular formula is C11H16N2O3. The SMILES string of the molecule is CCNC(=O)C(C)Oc1ccc(CO)nc1. The minimum Gasteiger partial charge on any atom is -0.479 e. The molecule has 1 atom stereocenters. The van der Waals surface area contributed by atoms with Gasteiger partial charge < -0.3 is 15.2 Å². The molecule has 16 heavy (non-hydrogen) atoms. The molecule has 1 rings (SSSR count). The van der Waals surface area contributed by atoms with Crippen molar-refractivity contribution < 1.29 is 14.6 Å². The summed E-state index contributed by atoms with van der Waals surface area (Å²) in [6.07, 6.45) is 0.933. The van der Waals surface area contributed by atoms with Crippen LogP contribution in [0.4, 0.5) is 0 Å². The summed E-state index contributed by atoms with van der Waals surface area (Å²) in [5, 5.41) is 11.5. The van der Waals surface area contributed by atoms with Gasteiger partial charge in [0.25, 0.3) is 5.91 Å². The van der Waals surface area contributed by atoms with Gasteiger partial charge in [-0.2, -0.15) is 0 Å². The normalized spacial score (nSPS) is 11.9. The Hall–Kier alpha value is -1.62. The van der Waals surface area contributed by atoms with Crippen molar-refractivity contribution in [2.75, 3.05) is 6.54 Å². The van der Waals surface area contributed by atoms with Crippen LogP contribution in [0.5, 0.6) is 5.75 Å². The van der Waals surface area contributed by atoms with Crippen molar-refractivity contribution in [2.24, 2.45) is 0 Å². The fraction of sp³-hybridized carbons (Fsp3) is 0.455. The van der Waals surface area contributed by atoms with Crippen molar-refractivity contribution in [2.45, 2.75) is 26.6 Å². The zero-order chi connectivity index (χ0) is 12.0. The fourth-order valence-electron chi connectivity index (χ4n) is 1.15. The summed E-state index contributed by atoms with van der Waals surface area (Å²) in [6.45, 7) is 3.99. The molecule has 0 aliphatic heterocycles. The van der Waals surface area contributed by atoms with E-state index in [1.54, 1.807) is 19.1 Å². The van der Waals surface area contributed by atoms with E-state index >= 15 is 0 Å². The van der Waals surface area contributed by atoms with E-state index < -0.39 is 6.10 Å². The van der Waals surface area contributed by atoms with Crippen molar-refractivity contribution >= 4 is 5.91 Å². The standard InChI is InChI=1S/C11H16N2O3/c1-3-12-11(15)8(2)16-10-5-4-9(7-14)13-6-10/h4-6,8,14H,3,7H2,1-2H3,(H,12,15). The summed E-state index contributed by atoms with van der Waals surface area (Å²) in [7, 11) is 0. The molecule has 1 heterocycles. The number of nitrogens with one attached hydrogen (secondary N) is 1. The molecule has 5 heteroatoms. The van der Waals surface area contributed by atoms with E-state index in [1.807, 2.05) is 6.92 Å². The second-order valence-corrected chi connectivity index (χ2v) is 3.30. The first-order valence-electron chi connectivity index (χ1n) is 5.17. The lowest BCUT2D eigenvalue weighted by atomic mass is 10.3. The molecule has 0 radical (unpaired) electrons. The first-order chi connectivity index (χ1) is 7.67. The highest BCUT2D eigenvalue weighted by Gasteiger charge is 2.13. The smallest absolute Gasteiger partial charge is 0.260 e. The molecule has 0 bridgehead atoms. The lowest BCUT2D eigenvalue weighted by Gasteiger charge is -2.13. The van der Waals surface area contributed by atoms with Crippen molar-refractivity contribution in [3.63, 3.8) is 0 Å². The number of hydrogen-bond acceptors (Lipinski definition) is 4. The van der Waals surface area contributed by atoms with Crippen LogP contribution in [-0.4, -0.2) is 28.6 Å². The monoisotopic (exact) mass is 224 g/mol. The number of hydrogen-bond donors (Lipinski definition) is 2. The van der Waals surface area contributed by atoms with Crippen molar-refractivity contribution in [1.82, 2.24) is 10.3 Å². The van der Waals surface area contributed by atoms with Gasteiger partial charge in [0.05, 0.1) is 18.5 Å². The van der Waals surface area contributed by atoms with Crippen LogP contribution in [0.3, 0.4) is 0 Å². The quantitative estimate of drug-likeness (QED) is 0.763. The summed E-state index contributed by atoms with van der Waals surface area (Å²) in [5.41, 5.74) is 0.568. The Balaban J connectivity index is 2.55. The lowest BCUT2D eigenvalue weighted by molar-refractivity contribution is -0.127. The maximum absolute atomic E-state index is 11.4.